The lowest BCUT2D eigenvalue weighted by Gasteiger charge is -2.20. The van der Waals surface area contributed by atoms with E-state index in [2.05, 4.69) is 12.2 Å². The van der Waals surface area contributed by atoms with Gasteiger partial charge in [-0.15, -0.1) is 0 Å². The maximum absolute atomic E-state index is 11.3. The predicted octanol–water partition coefficient (Wildman–Crippen LogP) is -0.811. The molecule has 1 amide bonds. The second-order valence-corrected chi connectivity index (χ2v) is 3.43. The fraction of sp³-hybridized carbons (Fsp3) is 0.900. The van der Waals surface area contributed by atoms with Gasteiger partial charge in [0.25, 0.3) is 0 Å². The van der Waals surface area contributed by atoms with Crippen LogP contribution in [0.25, 0.3) is 0 Å². The zero-order chi connectivity index (χ0) is 11.5. The van der Waals surface area contributed by atoms with E-state index in [0.717, 1.165) is 19.4 Å². The van der Waals surface area contributed by atoms with Crippen molar-refractivity contribution >= 4 is 5.91 Å². The van der Waals surface area contributed by atoms with Crippen molar-refractivity contribution in [3.05, 3.63) is 0 Å². The first-order valence-electron chi connectivity index (χ1n) is 5.45. The van der Waals surface area contributed by atoms with Crippen LogP contribution in [0.3, 0.4) is 0 Å². The molecule has 3 N–H and O–H groups in total. The van der Waals surface area contributed by atoms with E-state index in [1.54, 1.807) is 0 Å². The maximum atomic E-state index is 11.3. The highest BCUT2D eigenvalue weighted by Gasteiger charge is 2.08. The third-order valence-corrected chi connectivity index (χ3v) is 2.05. The summed E-state index contributed by atoms with van der Waals surface area (Å²) in [5.41, 5.74) is 0. The summed E-state index contributed by atoms with van der Waals surface area (Å²) in [4.78, 5) is 13.2. The van der Waals surface area contributed by atoms with Gasteiger partial charge >= 0.3 is 0 Å². The molecule has 5 nitrogen and oxygen atoms in total. The molecule has 0 aliphatic carbocycles. The van der Waals surface area contributed by atoms with Gasteiger partial charge in [-0.05, 0) is 13.0 Å². The Balaban J connectivity index is 3.76. The predicted molar refractivity (Wildman–Crippen MR) is 58.5 cm³/mol. The standard InChI is InChI=1S/C10H22N2O3/c1-2-3-5-12(6-8-14)9-10(15)11-4-7-13/h13-14H,2-9H2,1H3,(H,11,15). The first kappa shape index (κ1) is 14.3. The van der Waals surface area contributed by atoms with Gasteiger partial charge in [-0.25, -0.2) is 0 Å². The van der Waals surface area contributed by atoms with Crippen LogP contribution in [-0.4, -0.2) is 60.4 Å². The van der Waals surface area contributed by atoms with Crippen molar-refractivity contribution in [2.24, 2.45) is 0 Å². The molecule has 0 heterocycles. The van der Waals surface area contributed by atoms with Crippen molar-refractivity contribution in [2.45, 2.75) is 19.8 Å². The molecule has 90 valence electrons. The molecular formula is C10H22N2O3. The Bertz CT molecular complexity index is 165. The molecular weight excluding hydrogens is 196 g/mol. The molecule has 0 radical (unpaired) electrons. The Morgan fingerprint density at radius 2 is 2.00 bits per heavy atom. The van der Waals surface area contributed by atoms with Crippen molar-refractivity contribution in [3.8, 4) is 0 Å². The summed E-state index contributed by atoms with van der Waals surface area (Å²) in [5.74, 6) is -0.103. The summed E-state index contributed by atoms with van der Waals surface area (Å²) in [6.07, 6.45) is 2.09. The molecule has 0 aromatic heterocycles. The summed E-state index contributed by atoms with van der Waals surface area (Å²) >= 11 is 0. The number of rotatable bonds is 9. The minimum Gasteiger partial charge on any atom is -0.395 e. The van der Waals surface area contributed by atoms with Crippen LogP contribution < -0.4 is 5.32 Å². The van der Waals surface area contributed by atoms with E-state index in [1.165, 1.54) is 0 Å². The zero-order valence-corrected chi connectivity index (χ0v) is 9.41. The SMILES string of the molecule is CCCCN(CCO)CC(=O)NCCO. The van der Waals surface area contributed by atoms with Gasteiger partial charge in [0.05, 0.1) is 19.8 Å². The second kappa shape index (κ2) is 9.89. The Morgan fingerprint density at radius 3 is 2.53 bits per heavy atom. The van der Waals surface area contributed by atoms with Crippen molar-refractivity contribution in [3.63, 3.8) is 0 Å². The lowest BCUT2D eigenvalue weighted by Crippen LogP contribution is -2.39. The van der Waals surface area contributed by atoms with Crippen molar-refractivity contribution in [2.75, 3.05) is 39.4 Å². The molecule has 0 aromatic rings. The Labute approximate surface area is 91.1 Å². The number of hydrogen-bond donors (Lipinski definition) is 3. The lowest BCUT2D eigenvalue weighted by molar-refractivity contribution is -0.122. The smallest absolute Gasteiger partial charge is 0.234 e. The molecule has 0 bridgehead atoms. The molecule has 0 unspecified atom stereocenters. The molecule has 0 spiro atoms. The summed E-state index contributed by atoms with van der Waals surface area (Å²) < 4.78 is 0. The molecule has 0 saturated carbocycles. The summed E-state index contributed by atoms with van der Waals surface area (Å²) in [7, 11) is 0. The summed E-state index contributed by atoms with van der Waals surface area (Å²) in [5, 5.41) is 19.9. The van der Waals surface area contributed by atoms with E-state index in [1.807, 2.05) is 4.90 Å². The number of nitrogens with zero attached hydrogens (tertiary/aromatic N) is 1. The average Bonchev–Trinajstić information content (AvgIpc) is 2.23. The molecule has 0 rings (SSSR count). The Kier molecular flexibility index (Phi) is 9.46. The molecule has 5 heteroatoms. The molecule has 0 fully saturated rings. The van der Waals surface area contributed by atoms with Gasteiger partial charge < -0.3 is 15.5 Å². The van der Waals surface area contributed by atoms with Crippen LogP contribution in [0.4, 0.5) is 0 Å². The van der Waals surface area contributed by atoms with Crippen molar-refractivity contribution in [1.82, 2.24) is 10.2 Å². The molecule has 0 saturated heterocycles. The molecule has 0 aromatic carbocycles. The summed E-state index contributed by atoms with van der Waals surface area (Å²) in [6, 6.07) is 0. The number of carbonyl (C=O) groups excluding carboxylic acids is 1. The van der Waals surface area contributed by atoms with Gasteiger partial charge in [0.15, 0.2) is 0 Å². The second-order valence-electron chi connectivity index (χ2n) is 3.43. The average molecular weight is 218 g/mol. The molecule has 15 heavy (non-hydrogen) atoms. The quantitative estimate of drug-likeness (QED) is 0.473. The third-order valence-electron chi connectivity index (χ3n) is 2.05. The van der Waals surface area contributed by atoms with Gasteiger partial charge in [-0.1, -0.05) is 13.3 Å². The minimum absolute atomic E-state index is 0.0410. The lowest BCUT2D eigenvalue weighted by atomic mass is 10.3. The van der Waals surface area contributed by atoms with Crippen LogP contribution in [0.15, 0.2) is 0 Å². The van der Waals surface area contributed by atoms with Gasteiger partial charge in [-0.2, -0.15) is 0 Å². The van der Waals surface area contributed by atoms with E-state index < -0.39 is 0 Å². The van der Waals surface area contributed by atoms with E-state index >= 15 is 0 Å². The fourth-order valence-corrected chi connectivity index (χ4v) is 1.25. The number of unbranched alkanes of at least 4 members (excludes halogenated alkanes) is 1. The van der Waals surface area contributed by atoms with Crippen LogP contribution in [0.1, 0.15) is 19.8 Å². The van der Waals surface area contributed by atoms with Crippen LogP contribution in [0.2, 0.25) is 0 Å². The van der Waals surface area contributed by atoms with Crippen LogP contribution in [0.5, 0.6) is 0 Å². The number of aliphatic hydroxyl groups is 2. The fourth-order valence-electron chi connectivity index (χ4n) is 1.25. The minimum atomic E-state index is -0.103. The number of aliphatic hydroxyl groups excluding tert-OH is 2. The molecule has 0 atom stereocenters. The van der Waals surface area contributed by atoms with Gasteiger partial charge in [-0.3, -0.25) is 9.69 Å². The maximum Gasteiger partial charge on any atom is 0.234 e. The summed E-state index contributed by atoms with van der Waals surface area (Å²) in [6.45, 7) is 4.04. The first-order chi connectivity index (χ1) is 7.24. The number of amides is 1. The van der Waals surface area contributed by atoms with Gasteiger partial charge in [0.2, 0.25) is 5.91 Å². The van der Waals surface area contributed by atoms with E-state index in [4.69, 9.17) is 10.2 Å². The highest BCUT2D eigenvalue weighted by atomic mass is 16.3. The van der Waals surface area contributed by atoms with Crippen LogP contribution in [-0.2, 0) is 4.79 Å². The van der Waals surface area contributed by atoms with Crippen molar-refractivity contribution in [1.29, 1.82) is 0 Å². The van der Waals surface area contributed by atoms with Crippen LogP contribution >= 0.6 is 0 Å². The van der Waals surface area contributed by atoms with E-state index in [0.29, 0.717) is 19.6 Å². The highest BCUT2D eigenvalue weighted by molar-refractivity contribution is 5.77. The zero-order valence-electron chi connectivity index (χ0n) is 9.41. The topological polar surface area (TPSA) is 72.8 Å². The Morgan fingerprint density at radius 1 is 1.27 bits per heavy atom. The Hall–Kier alpha value is -0.650. The van der Waals surface area contributed by atoms with Crippen molar-refractivity contribution < 1.29 is 15.0 Å². The molecule has 0 aliphatic rings. The van der Waals surface area contributed by atoms with Crippen LogP contribution in [0, 0.1) is 0 Å². The van der Waals surface area contributed by atoms with Gasteiger partial charge in [0, 0.05) is 13.1 Å². The van der Waals surface area contributed by atoms with E-state index in [9.17, 15) is 4.79 Å². The normalized spacial score (nSPS) is 10.7. The van der Waals surface area contributed by atoms with E-state index in [-0.39, 0.29) is 19.1 Å². The number of hydrogen-bond acceptors (Lipinski definition) is 4. The molecule has 0 aliphatic heterocycles. The third kappa shape index (κ3) is 8.35. The number of nitrogens with one attached hydrogen (secondary N) is 1. The first-order valence-corrected chi connectivity index (χ1v) is 5.45. The largest absolute Gasteiger partial charge is 0.395 e. The number of carbonyl (C=O) groups is 1. The van der Waals surface area contributed by atoms with Gasteiger partial charge in [0.1, 0.15) is 0 Å². The highest BCUT2D eigenvalue weighted by Crippen LogP contribution is 1.94. The monoisotopic (exact) mass is 218 g/mol.